The number of aromatic nitrogens is 3. The summed E-state index contributed by atoms with van der Waals surface area (Å²) in [6.07, 6.45) is 10.4. The van der Waals surface area contributed by atoms with Crippen LogP contribution in [-0.4, -0.2) is 71.4 Å². The topological polar surface area (TPSA) is 63.6 Å². The van der Waals surface area contributed by atoms with E-state index in [9.17, 15) is 8.78 Å². The summed E-state index contributed by atoms with van der Waals surface area (Å²) in [5.41, 5.74) is 1.95. The molecule has 1 aromatic carbocycles. The molecule has 230 valence electrons. The summed E-state index contributed by atoms with van der Waals surface area (Å²) in [6.45, 7) is 9.16. The van der Waals surface area contributed by atoms with Crippen LogP contribution in [0.4, 0.5) is 19.0 Å². The number of fused-ring (bicyclic) bond motifs is 2. The van der Waals surface area contributed by atoms with Gasteiger partial charge in [-0.25, -0.2) is 13.2 Å². The average molecular weight is 604 g/mol. The molecule has 0 amide bonds. The highest BCUT2D eigenvalue weighted by atomic mass is 19.1. The summed E-state index contributed by atoms with van der Waals surface area (Å²) in [7, 11) is 0. The van der Waals surface area contributed by atoms with Crippen molar-refractivity contribution in [1.82, 2.24) is 19.9 Å². The first-order valence-corrected chi connectivity index (χ1v) is 15.0. The van der Waals surface area contributed by atoms with Gasteiger partial charge in [-0.05, 0) is 56.7 Å². The molecule has 0 bridgehead atoms. The Morgan fingerprint density at radius 3 is 2.91 bits per heavy atom. The number of hydrogen-bond acceptors (Lipinski definition) is 7. The minimum Gasteiger partial charge on any atom is -0.461 e. The van der Waals surface area contributed by atoms with Gasteiger partial charge in [-0.1, -0.05) is 31.0 Å². The Kier molecular flexibility index (Phi) is 8.36. The third-order valence-electron chi connectivity index (χ3n) is 8.97. The summed E-state index contributed by atoms with van der Waals surface area (Å²) in [5, 5.41) is 0.431. The smallest absolute Gasteiger partial charge is 0.319 e. The molecule has 1 unspecified atom stereocenters. The van der Waals surface area contributed by atoms with Gasteiger partial charge in [-0.3, -0.25) is 9.88 Å². The van der Waals surface area contributed by atoms with Gasteiger partial charge in [0, 0.05) is 37.0 Å². The predicted molar refractivity (Wildman–Crippen MR) is 165 cm³/mol. The zero-order chi connectivity index (χ0) is 31.0. The van der Waals surface area contributed by atoms with Crippen LogP contribution in [0.15, 0.2) is 42.1 Å². The number of allylic oxidation sites excluding steroid dienone is 2. The van der Waals surface area contributed by atoms with Crippen LogP contribution in [0.3, 0.4) is 0 Å². The molecule has 0 N–H and O–H groups in total. The Labute approximate surface area is 255 Å². The number of ether oxygens (including phenoxy) is 2. The maximum Gasteiger partial charge on any atom is 0.319 e. The second-order valence-corrected chi connectivity index (χ2v) is 12.2. The Balaban J connectivity index is 1.48. The molecule has 10 heteroatoms. The minimum atomic E-state index is -0.681. The number of hydrogen-bond donors (Lipinski definition) is 0. The van der Waals surface area contributed by atoms with Gasteiger partial charge < -0.3 is 14.4 Å². The number of nitrogens with zero attached hydrogens (tertiary/aromatic N) is 5. The molecule has 3 aromatic rings. The van der Waals surface area contributed by atoms with Crippen LogP contribution >= 0.6 is 0 Å². The second kappa shape index (κ2) is 12.2. The quantitative estimate of drug-likeness (QED) is 0.302. The van der Waals surface area contributed by atoms with E-state index in [4.69, 9.17) is 20.9 Å². The van der Waals surface area contributed by atoms with Crippen molar-refractivity contribution in [1.29, 1.82) is 0 Å². The largest absolute Gasteiger partial charge is 0.461 e. The fourth-order valence-corrected chi connectivity index (χ4v) is 6.88. The number of benzene rings is 1. The van der Waals surface area contributed by atoms with Gasteiger partial charge >= 0.3 is 6.01 Å². The molecular weight excluding hydrogens is 567 g/mol. The zero-order valence-electron chi connectivity index (χ0n) is 25.3. The maximum absolute atomic E-state index is 16.7. The van der Waals surface area contributed by atoms with E-state index in [-0.39, 0.29) is 40.9 Å². The Morgan fingerprint density at radius 2 is 2.14 bits per heavy atom. The lowest BCUT2D eigenvalue weighted by Crippen LogP contribution is -2.43. The Morgan fingerprint density at radius 1 is 1.30 bits per heavy atom. The molecule has 0 saturated carbocycles. The normalized spacial score (nSPS) is 23.9. The summed E-state index contributed by atoms with van der Waals surface area (Å²) in [6, 6.07) is 5.27. The summed E-state index contributed by atoms with van der Waals surface area (Å²) in [4.78, 5) is 18.2. The maximum atomic E-state index is 16.7. The van der Waals surface area contributed by atoms with Crippen LogP contribution < -0.4 is 9.64 Å². The fraction of sp³-hybridized carbons (Fsp3) is 0.441. The van der Waals surface area contributed by atoms with Gasteiger partial charge in [0.15, 0.2) is 5.82 Å². The monoisotopic (exact) mass is 603 g/mol. The van der Waals surface area contributed by atoms with E-state index in [1.165, 1.54) is 6.92 Å². The van der Waals surface area contributed by atoms with E-state index in [2.05, 4.69) is 32.6 Å². The van der Waals surface area contributed by atoms with E-state index in [1.807, 2.05) is 0 Å². The summed E-state index contributed by atoms with van der Waals surface area (Å²) >= 11 is 0. The average Bonchev–Trinajstić information content (AvgIpc) is 3.47. The van der Waals surface area contributed by atoms with Gasteiger partial charge in [-0.15, -0.1) is 6.42 Å². The van der Waals surface area contributed by atoms with Crippen LogP contribution in [0.1, 0.15) is 44.2 Å². The molecule has 6 rings (SSSR count). The highest BCUT2D eigenvalue weighted by molar-refractivity contribution is 5.95. The van der Waals surface area contributed by atoms with Gasteiger partial charge in [0.25, 0.3) is 0 Å². The highest BCUT2D eigenvalue weighted by Gasteiger charge is 2.47. The van der Waals surface area contributed by atoms with Gasteiger partial charge in [0.2, 0.25) is 0 Å². The van der Waals surface area contributed by atoms with Gasteiger partial charge in [-0.2, -0.15) is 9.97 Å². The minimum absolute atomic E-state index is 0.00227. The number of rotatable bonds is 6. The van der Waals surface area contributed by atoms with Crippen LogP contribution in [0.2, 0.25) is 0 Å². The molecule has 44 heavy (non-hydrogen) atoms. The summed E-state index contributed by atoms with van der Waals surface area (Å²) in [5.74, 6) is 1.92. The molecule has 0 radical (unpaired) electrons. The number of anilines is 1. The van der Waals surface area contributed by atoms with Crippen LogP contribution in [0.25, 0.3) is 27.7 Å². The van der Waals surface area contributed by atoms with Crippen molar-refractivity contribution in [3.8, 4) is 29.6 Å². The third kappa shape index (κ3) is 5.44. The molecule has 3 saturated heterocycles. The van der Waals surface area contributed by atoms with Gasteiger partial charge in [0.1, 0.15) is 29.5 Å². The fourth-order valence-electron chi connectivity index (χ4n) is 6.88. The van der Waals surface area contributed by atoms with E-state index >= 15 is 4.39 Å². The first-order valence-electron chi connectivity index (χ1n) is 15.0. The first-order chi connectivity index (χ1) is 21.2. The van der Waals surface area contributed by atoms with E-state index in [0.29, 0.717) is 73.5 Å². The molecule has 2 atom stereocenters. The van der Waals surface area contributed by atoms with Crippen molar-refractivity contribution in [2.75, 3.05) is 50.9 Å². The van der Waals surface area contributed by atoms with Crippen LogP contribution in [0.5, 0.6) is 6.01 Å². The van der Waals surface area contributed by atoms with Crippen LogP contribution in [0, 0.1) is 31.0 Å². The Hall–Kier alpha value is -3.94. The molecule has 0 spiro atoms. The molecule has 2 aromatic heterocycles. The molecule has 5 heterocycles. The highest BCUT2D eigenvalue weighted by Crippen LogP contribution is 2.42. The lowest BCUT2D eigenvalue weighted by atomic mass is 9.92. The molecule has 0 aliphatic carbocycles. The van der Waals surface area contributed by atoms with Crippen molar-refractivity contribution < 1.29 is 22.6 Å². The lowest BCUT2D eigenvalue weighted by Gasteiger charge is -2.31. The van der Waals surface area contributed by atoms with Crippen molar-refractivity contribution >= 4 is 22.3 Å². The van der Waals surface area contributed by atoms with Crippen molar-refractivity contribution in [3.63, 3.8) is 0 Å². The zero-order valence-corrected chi connectivity index (χ0v) is 25.3. The summed E-state index contributed by atoms with van der Waals surface area (Å²) < 4.78 is 56.8. The molecule has 3 aliphatic heterocycles. The molecule has 7 nitrogen and oxygen atoms in total. The third-order valence-corrected chi connectivity index (χ3v) is 8.97. The standard InChI is InChI=1S/C34H36F3N5O2/c1-5-25(23(4)36)28-22(3)8-6-9-26(28)30-29(37)31-27(16-38-30)32(41-12-13-43-19-21(2)17-41)40-33(39-31)44-20-34-10-7-11-42(34)18-24(14-34)15-35/h1,6,8-9,15-16,21H,7,10-14,17-20H2,2-4H3/b24-15+,25-23+/t21?,34-/m0/s1. The number of pyridine rings is 1. The van der Waals surface area contributed by atoms with Crippen molar-refractivity contribution in [2.24, 2.45) is 5.92 Å². The lowest BCUT2D eigenvalue weighted by molar-refractivity contribution is 0.108. The van der Waals surface area contributed by atoms with Crippen molar-refractivity contribution in [3.05, 3.63) is 59.1 Å². The van der Waals surface area contributed by atoms with Gasteiger partial charge in [0.05, 0.1) is 36.0 Å². The molecular formula is C34H36F3N5O2. The first kappa shape index (κ1) is 30.1. The van der Waals surface area contributed by atoms with E-state index < -0.39 is 11.6 Å². The predicted octanol–water partition coefficient (Wildman–Crippen LogP) is 6.42. The Bertz CT molecular complexity index is 1700. The SMILES string of the molecule is C#C/C(=C(/C)F)c1c(C)cccc1-c1ncc2c(N3CCOCC(C)C3)nc(OC[C@@]34CCCN3C/C(=C/F)C4)nc2c1F. The molecule has 3 aliphatic rings. The van der Waals surface area contributed by atoms with E-state index in [0.717, 1.165) is 25.0 Å². The van der Waals surface area contributed by atoms with Crippen LogP contribution in [-0.2, 0) is 4.74 Å². The number of terminal acetylenes is 1. The second-order valence-electron chi connectivity index (χ2n) is 12.2. The number of halogens is 3. The van der Waals surface area contributed by atoms with E-state index in [1.54, 1.807) is 31.3 Å². The molecule has 3 fully saturated rings. The van der Waals surface area contributed by atoms with Crippen molar-refractivity contribution in [2.45, 2.75) is 45.6 Å². The number of aryl methyl sites for hydroxylation is 1.